The van der Waals surface area contributed by atoms with Crippen LogP contribution in [0.1, 0.15) is 18.4 Å². The van der Waals surface area contributed by atoms with E-state index in [9.17, 15) is 14.4 Å². The third-order valence-corrected chi connectivity index (χ3v) is 3.00. The Morgan fingerprint density at radius 2 is 1.82 bits per heavy atom. The van der Waals surface area contributed by atoms with Gasteiger partial charge in [-0.25, -0.2) is 4.79 Å². The van der Waals surface area contributed by atoms with E-state index in [2.05, 4.69) is 4.84 Å². The van der Waals surface area contributed by atoms with Gasteiger partial charge in [-0.05, 0) is 18.2 Å². The topological polar surface area (TPSA) is 91.4 Å². The maximum atomic E-state index is 11.6. The van der Waals surface area contributed by atoms with Crippen molar-refractivity contribution >= 4 is 18.0 Å². The van der Waals surface area contributed by atoms with Crippen LogP contribution in [-0.2, 0) is 25.8 Å². The lowest BCUT2D eigenvalue weighted by Crippen LogP contribution is -2.32. The van der Waals surface area contributed by atoms with Crippen LogP contribution in [0.3, 0.4) is 0 Å². The van der Waals surface area contributed by atoms with E-state index in [1.54, 1.807) is 18.2 Å². The molecule has 1 aliphatic rings. The molecule has 118 valence electrons. The van der Waals surface area contributed by atoms with Gasteiger partial charge in [-0.3, -0.25) is 14.4 Å². The lowest BCUT2D eigenvalue weighted by molar-refractivity contribution is -0.177. The first-order chi connectivity index (χ1) is 10.5. The molecule has 22 heavy (non-hydrogen) atoms. The average Bonchev–Trinajstić information content (AvgIpc) is 2.84. The van der Waals surface area contributed by atoms with Crippen LogP contribution in [0.5, 0.6) is 11.5 Å². The largest absolute Gasteiger partial charge is 0.534 e. The van der Waals surface area contributed by atoms with Gasteiger partial charge in [0, 0.05) is 18.4 Å². The van der Waals surface area contributed by atoms with Crippen LogP contribution in [0.25, 0.3) is 0 Å². The summed E-state index contributed by atoms with van der Waals surface area (Å²) in [6.45, 7) is -0.157. The molecule has 8 nitrogen and oxygen atoms in total. The fraction of sp³-hybridized carbons (Fsp3) is 0.357. The highest BCUT2D eigenvalue weighted by molar-refractivity contribution is 6.01. The number of rotatable bonds is 5. The van der Waals surface area contributed by atoms with Gasteiger partial charge in [0.2, 0.25) is 0 Å². The fourth-order valence-electron chi connectivity index (χ4n) is 1.89. The van der Waals surface area contributed by atoms with Gasteiger partial charge in [-0.1, -0.05) is 5.06 Å². The summed E-state index contributed by atoms with van der Waals surface area (Å²) in [5.41, 5.74) is 0.554. The molecule has 0 radical (unpaired) electrons. The molecule has 0 N–H and O–H groups in total. The molecule has 2 rings (SSSR count). The van der Waals surface area contributed by atoms with Crippen LogP contribution >= 0.6 is 0 Å². The van der Waals surface area contributed by atoms with E-state index in [4.69, 9.17) is 14.2 Å². The van der Waals surface area contributed by atoms with Gasteiger partial charge in [0.25, 0.3) is 11.8 Å². The second-order valence-electron chi connectivity index (χ2n) is 4.39. The van der Waals surface area contributed by atoms with E-state index in [0.717, 1.165) is 0 Å². The number of hydrogen-bond acceptors (Lipinski definition) is 7. The Bertz CT molecular complexity index is 583. The van der Waals surface area contributed by atoms with Crippen molar-refractivity contribution in [2.75, 3.05) is 14.2 Å². The molecule has 0 atom stereocenters. The Hall–Kier alpha value is -2.77. The van der Waals surface area contributed by atoms with Crippen LogP contribution in [0.4, 0.5) is 4.79 Å². The Balaban J connectivity index is 1.96. The van der Waals surface area contributed by atoms with Crippen molar-refractivity contribution in [2.45, 2.75) is 19.4 Å². The summed E-state index contributed by atoms with van der Waals surface area (Å²) in [6.07, 6.45) is -1.10. The van der Waals surface area contributed by atoms with Gasteiger partial charge < -0.3 is 14.2 Å². The Kier molecular flexibility index (Phi) is 4.82. The highest BCUT2D eigenvalue weighted by atomic mass is 16.8. The molecule has 1 saturated heterocycles. The molecule has 0 aliphatic carbocycles. The molecule has 1 aromatic carbocycles. The van der Waals surface area contributed by atoms with Crippen molar-refractivity contribution in [1.29, 1.82) is 0 Å². The van der Waals surface area contributed by atoms with Crippen molar-refractivity contribution in [3.8, 4) is 11.5 Å². The van der Waals surface area contributed by atoms with Crippen molar-refractivity contribution in [3.05, 3.63) is 23.8 Å². The molecule has 1 heterocycles. The van der Waals surface area contributed by atoms with E-state index in [1.165, 1.54) is 14.2 Å². The summed E-state index contributed by atoms with van der Waals surface area (Å²) >= 11 is 0. The summed E-state index contributed by atoms with van der Waals surface area (Å²) in [5, 5.41) is 0.422. The average molecular weight is 309 g/mol. The highest BCUT2D eigenvalue weighted by Gasteiger charge is 2.33. The predicted octanol–water partition coefficient (Wildman–Crippen LogP) is 1.42. The number of ether oxygens (including phenoxy) is 3. The van der Waals surface area contributed by atoms with Crippen molar-refractivity contribution < 1.29 is 33.4 Å². The van der Waals surface area contributed by atoms with Gasteiger partial charge in [0.05, 0.1) is 14.2 Å². The molecule has 0 bridgehead atoms. The van der Waals surface area contributed by atoms with E-state index in [-0.39, 0.29) is 19.4 Å². The van der Waals surface area contributed by atoms with Crippen molar-refractivity contribution in [1.82, 2.24) is 5.06 Å². The summed E-state index contributed by atoms with van der Waals surface area (Å²) in [5.74, 6) is -0.0681. The van der Waals surface area contributed by atoms with Gasteiger partial charge in [0.15, 0.2) is 0 Å². The molecule has 1 aliphatic heterocycles. The minimum absolute atomic E-state index is 0.0236. The lowest BCUT2D eigenvalue weighted by Gasteiger charge is -2.13. The molecule has 0 unspecified atom stereocenters. The summed E-state index contributed by atoms with van der Waals surface area (Å²) in [6, 6.07) is 5.00. The summed E-state index contributed by atoms with van der Waals surface area (Å²) < 4.78 is 15.1. The minimum Gasteiger partial charge on any atom is -0.497 e. The number of nitrogens with zero attached hydrogens (tertiary/aromatic N) is 1. The van der Waals surface area contributed by atoms with Crippen molar-refractivity contribution in [3.63, 3.8) is 0 Å². The van der Waals surface area contributed by atoms with Crippen LogP contribution < -0.4 is 9.47 Å². The number of carbonyl (C=O) groups is 3. The van der Waals surface area contributed by atoms with E-state index < -0.39 is 18.0 Å². The number of amides is 2. The standard InChI is InChI=1S/C14H15NO7/c1-19-10-3-4-11(20-2)9(7-10)8-21-14(18)22-15-12(16)5-6-13(15)17/h3-4,7H,5-6,8H2,1-2H3. The van der Waals surface area contributed by atoms with Gasteiger partial charge in [-0.15, -0.1) is 0 Å². The second-order valence-corrected chi connectivity index (χ2v) is 4.39. The van der Waals surface area contributed by atoms with Crippen LogP contribution in [-0.4, -0.2) is 37.3 Å². The number of benzene rings is 1. The maximum absolute atomic E-state index is 11.6. The normalized spacial score (nSPS) is 14.0. The van der Waals surface area contributed by atoms with E-state index >= 15 is 0 Å². The first kappa shape index (κ1) is 15.6. The molecular weight excluding hydrogens is 294 g/mol. The Labute approximate surface area is 126 Å². The number of hydrogen-bond donors (Lipinski definition) is 0. The Morgan fingerprint density at radius 1 is 1.14 bits per heavy atom. The lowest BCUT2D eigenvalue weighted by atomic mass is 10.2. The third-order valence-electron chi connectivity index (χ3n) is 3.00. The predicted molar refractivity (Wildman–Crippen MR) is 71.9 cm³/mol. The van der Waals surface area contributed by atoms with Crippen LogP contribution in [0.15, 0.2) is 18.2 Å². The number of imide groups is 1. The van der Waals surface area contributed by atoms with Crippen LogP contribution in [0.2, 0.25) is 0 Å². The zero-order chi connectivity index (χ0) is 16.1. The molecule has 2 amide bonds. The SMILES string of the molecule is COc1ccc(OC)c(COC(=O)ON2C(=O)CCC2=O)c1. The molecule has 1 aromatic rings. The first-order valence-electron chi connectivity index (χ1n) is 6.46. The van der Waals surface area contributed by atoms with Gasteiger partial charge in [-0.2, -0.15) is 0 Å². The highest BCUT2D eigenvalue weighted by Crippen LogP contribution is 2.24. The maximum Gasteiger partial charge on any atom is 0.534 e. The zero-order valence-electron chi connectivity index (χ0n) is 12.2. The van der Waals surface area contributed by atoms with Crippen LogP contribution in [0, 0.1) is 0 Å². The van der Waals surface area contributed by atoms with Crippen molar-refractivity contribution in [2.24, 2.45) is 0 Å². The third kappa shape index (κ3) is 3.46. The first-order valence-corrected chi connectivity index (χ1v) is 6.46. The molecule has 8 heteroatoms. The molecule has 0 aromatic heterocycles. The fourth-order valence-corrected chi connectivity index (χ4v) is 1.89. The molecular formula is C14H15NO7. The minimum atomic E-state index is -1.14. The second kappa shape index (κ2) is 6.79. The summed E-state index contributed by atoms with van der Waals surface area (Å²) in [4.78, 5) is 38.8. The molecule has 0 saturated carbocycles. The smallest absolute Gasteiger partial charge is 0.497 e. The Morgan fingerprint density at radius 3 is 2.41 bits per heavy atom. The number of carbonyl (C=O) groups excluding carboxylic acids is 3. The number of hydroxylamine groups is 2. The zero-order valence-corrected chi connectivity index (χ0v) is 12.2. The molecule has 1 fully saturated rings. The van der Waals surface area contributed by atoms with Gasteiger partial charge >= 0.3 is 6.16 Å². The van der Waals surface area contributed by atoms with Gasteiger partial charge in [0.1, 0.15) is 18.1 Å². The summed E-state index contributed by atoms with van der Waals surface area (Å²) in [7, 11) is 2.98. The van der Waals surface area contributed by atoms with E-state index in [0.29, 0.717) is 22.1 Å². The monoisotopic (exact) mass is 309 g/mol. The van der Waals surface area contributed by atoms with E-state index in [1.807, 2.05) is 0 Å². The quantitative estimate of drug-likeness (QED) is 0.600. The molecule has 0 spiro atoms. The number of methoxy groups -OCH3 is 2.